The summed E-state index contributed by atoms with van der Waals surface area (Å²) in [5.41, 5.74) is 8.37. The fraction of sp³-hybridized carbons (Fsp3) is 0.560. The maximum absolute atomic E-state index is 13.1. The average molecular weight is 383 g/mol. The number of unbranched alkanes of at least 4 members (excludes halogenated alkanes) is 2. The van der Waals surface area contributed by atoms with Crippen molar-refractivity contribution in [2.75, 3.05) is 18.0 Å². The van der Waals surface area contributed by atoms with Crippen LogP contribution in [0.25, 0.3) is 0 Å². The lowest BCUT2D eigenvalue weighted by molar-refractivity contribution is 0.671. The van der Waals surface area contributed by atoms with E-state index in [4.69, 9.17) is 0 Å². The highest BCUT2D eigenvalue weighted by Gasteiger charge is 2.20. The molecular weight excluding hydrogens is 344 g/mol. The number of aromatic nitrogens is 1. The monoisotopic (exact) mass is 382 g/mol. The van der Waals surface area contributed by atoms with E-state index in [2.05, 4.69) is 62.7 Å². The van der Waals surface area contributed by atoms with Crippen LogP contribution in [0.2, 0.25) is 0 Å². The van der Waals surface area contributed by atoms with Gasteiger partial charge in [0, 0.05) is 25.2 Å². The number of H-pyrrole nitrogens is 1. The molecule has 0 spiro atoms. The number of pyridine rings is 1. The number of hydrogen-bond donors (Lipinski definition) is 1. The molecule has 28 heavy (non-hydrogen) atoms. The molecule has 1 aromatic heterocycles. The maximum atomic E-state index is 13.1. The van der Waals surface area contributed by atoms with E-state index in [1.807, 2.05) is 6.92 Å². The van der Waals surface area contributed by atoms with Crippen LogP contribution in [0.15, 0.2) is 23.0 Å². The molecule has 2 rings (SSSR count). The zero-order valence-electron chi connectivity index (χ0n) is 18.7. The van der Waals surface area contributed by atoms with Gasteiger partial charge < -0.3 is 9.88 Å². The highest BCUT2D eigenvalue weighted by atomic mass is 16.1. The third-order valence-corrected chi connectivity index (χ3v) is 5.51. The fourth-order valence-electron chi connectivity index (χ4n) is 4.22. The lowest BCUT2D eigenvalue weighted by Gasteiger charge is -2.28. The second-order valence-electron chi connectivity index (χ2n) is 8.11. The summed E-state index contributed by atoms with van der Waals surface area (Å²) in [5.74, 6) is 0. The van der Waals surface area contributed by atoms with Crippen molar-refractivity contribution >= 4 is 5.69 Å². The second kappa shape index (κ2) is 10.5. The molecule has 3 heteroatoms. The van der Waals surface area contributed by atoms with E-state index < -0.39 is 0 Å². The zero-order chi connectivity index (χ0) is 20.7. The Morgan fingerprint density at radius 3 is 1.93 bits per heavy atom. The largest absolute Gasteiger partial charge is 0.367 e. The van der Waals surface area contributed by atoms with E-state index in [1.165, 1.54) is 27.8 Å². The highest BCUT2D eigenvalue weighted by molar-refractivity contribution is 5.58. The smallest absolute Gasteiger partial charge is 0.272 e. The minimum absolute atomic E-state index is 0.0706. The van der Waals surface area contributed by atoms with Crippen molar-refractivity contribution in [2.24, 2.45) is 0 Å². The van der Waals surface area contributed by atoms with Crippen LogP contribution in [0.1, 0.15) is 80.0 Å². The average Bonchev–Trinajstić information content (AvgIpc) is 2.62. The van der Waals surface area contributed by atoms with E-state index >= 15 is 0 Å². The molecule has 3 nitrogen and oxygen atoms in total. The minimum atomic E-state index is 0.0706. The SMILES string of the molecule is CCCCN(CCCC)c1c(Cc2cc(C)cc(C)c2)c(CC)c(C)[nH]c1=O. The van der Waals surface area contributed by atoms with E-state index in [-0.39, 0.29) is 5.56 Å². The Kier molecular flexibility index (Phi) is 8.35. The highest BCUT2D eigenvalue weighted by Crippen LogP contribution is 2.27. The molecule has 0 aliphatic rings. The number of aromatic amines is 1. The molecule has 0 saturated carbocycles. The Morgan fingerprint density at radius 2 is 1.43 bits per heavy atom. The van der Waals surface area contributed by atoms with E-state index in [9.17, 15) is 4.79 Å². The maximum Gasteiger partial charge on any atom is 0.272 e. The molecule has 0 fully saturated rings. The zero-order valence-corrected chi connectivity index (χ0v) is 18.7. The quantitative estimate of drug-likeness (QED) is 0.558. The lowest BCUT2D eigenvalue weighted by atomic mass is 9.94. The molecule has 1 aromatic carbocycles. The van der Waals surface area contributed by atoms with Crippen molar-refractivity contribution in [1.82, 2.24) is 4.98 Å². The molecule has 0 amide bonds. The summed E-state index contributed by atoms with van der Waals surface area (Å²) in [5, 5.41) is 0. The number of aryl methyl sites for hydroxylation is 3. The first-order valence-corrected chi connectivity index (χ1v) is 11.0. The van der Waals surface area contributed by atoms with Gasteiger partial charge in [-0.2, -0.15) is 0 Å². The summed E-state index contributed by atoms with van der Waals surface area (Å²) in [6.07, 6.45) is 6.26. The molecule has 0 aliphatic heterocycles. The molecular formula is C25H38N2O. The van der Waals surface area contributed by atoms with Gasteiger partial charge >= 0.3 is 0 Å². The molecule has 1 heterocycles. The fourth-order valence-corrected chi connectivity index (χ4v) is 4.22. The third kappa shape index (κ3) is 5.50. The van der Waals surface area contributed by atoms with Gasteiger partial charge in [0.2, 0.25) is 0 Å². The molecule has 154 valence electrons. The summed E-state index contributed by atoms with van der Waals surface area (Å²) in [7, 11) is 0. The van der Waals surface area contributed by atoms with Crippen LogP contribution in [0, 0.1) is 20.8 Å². The topological polar surface area (TPSA) is 36.1 Å². The first-order chi connectivity index (χ1) is 13.4. The summed E-state index contributed by atoms with van der Waals surface area (Å²) in [4.78, 5) is 18.6. The Balaban J connectivity index is 2.60. The van der Waals surface area contributed by atoms with Gasteiger partial charge in [0.05, 0.1) is 0 Å². The predicted octanol–water partition coefficient (Wildman–Crippen LogP) is 5.86. The van der Waals surface area contributed by atoms with Gasteiger partial charge in [-0.1, -0.05) is 62.9 Å². The number of anilines is 1. The number of nitrogens with zero attached hydrogens (tertiary/aromatic N) is 1. The van der Waals surface area contributed by atoms with Crippen LogP contribution in [0.4, 0.5) is 5.69 Å². The first-order valence-electron chi connectivity index (χ1n) is 11.0. The Bertz CT molecular complexity index is 807. The minimum Gasteiger partial charge on any atom is -0.367 e. The van der Waals surface area contributed by atoms with Gasteiger partial charge in [0.1, 0.15) is 5.69 Å². The van der Waals surface area contributed by atoms with Gasteiger partial charge in [-0.25, -0.2) is 0 Å². The second-order valence-corrected chi connectivity index (χ2v) is 8.11. The summed E-state index contributed by atoms with van der Waals surface area (Å²) in [6, 6.07) is 6.73. The number of nitrogens with one attached hydrogen (secondary N) is 1. The predicted molar refractivity (Wildman–Crippen MR) is 122 cm³/mol. The lowest BCUT2D eigenvalue weighted by Crippen LogP contribution is -2.33. The van der Waals surface area contributed by atoms with Gasteiger partial charge in [-0.05, 0) is 56.7 Å². The van der Waals surface area contributed by atoms with Crippen molar-refractivity contribution in [3.63, 3.8) is 0 Å². The molecule has 0 bridgehead atoms. The molecule has 0 atom stereocenters. The van der Waals surface area contributed by atoms with Crippen molar-refractivity contribution in [1.29, 1.82) is 0 Å². The standard InChI is InChI=1S/C25H38N2O/c1-7-10-12-27(13-11-8-2)24-23(22(9-3)20(6)26-25(24)28)17-21-15-18(4)14-19(5)16-21/h14-16H,7-13,17H2,1-6H3,(H,26,28). The summed E-state index contributed by atoms with van der Waals surface area (Å²) < 4.78 is 0. The summed E-state index contributed by atoms with van der Waals surface area (Å²) in [6.45, 7) is 14.9. The molecule has 0 unspecified atom stereocenters. The van der Waals surface area contributed by atoms with Crippen LogP contribution >= 0.6 is 0 Å². The number of benzene rings is 1. The van der Waals surface area contributed by atoms with Crippen molar-refractivity contribution in [3.05, 3.63) is 62.1 Å². The van der Waals surface area contributed by atoms with Gasteiger partial charge in [0.25, 0.3) is 5.56 Å². The van der Waals surface area contributed by atoms with E-state index in [0.29, 0.717) is 0 Å². The first kappa shape index (κ1) is 22.3. The van der Waals surface area contributed by atoms with Crippen LogP contribution in [0.5, 0.6) is 0 Å². The van der Waals surface area contributed by atoms with Gasteiger partial charge in [-0.3, -0.25) is 4.79 Å². The molecule has 0 radical (unpaired) electrons. The molecule has 0 aliphatic carbocycles. The number of hydrogen-bond acceptors (Lipinski definition) is 2. The Hall–Kier alpha value is -2.03. The van der Waals surface area contributed by atoms with Crippen molar-refractivity contribution in [2.45, 2.75) is 80.1 Å². The third-order valence-electron chi connectivity index (χ3n) is 5.51. The van der Waals surface area contributed by atoms with E-state index in [0.717, 1.165) is 63.0 Å². The van der Waals surface area contributed by atoms with Gasteiger partial charge in [0.15, 0.2) is 0 Å². The Labute approximate surface area is 171 Å². The van der Waals surface area contributed by atoms with Crippen LogP contribution in [-0.4, -0.2) is 18.1 Å². The molecule has 2 aromatic rings. The van der Waals surface area contributed by atoms with Crippen molar-refractivity contribution in [3.8, 4) is 0 Å². The summed E-state index contributed by atoms with van der Waals surface area (Å²) >= 11 is 0. The normalized spacial score (nSPS) is 11.1. The van der Waals surface area contributed by atoms with Gasteiger partial charge in [-0.15, -0.1) is 0 Å². The van der Waals surface area contributed by atoms with Crippen molar-refractivity contribution < 1.29 is 0 Å². The molecule has 1 N–H and O–H groups in total. The molecule has 0 saturated heterocycles. The van der Waals surface area contributed by atoms with Crippen LogP contribution in [0.3, 0.4) is 0 Å². The van der Waals surface area contributed by atoms with Crippen LogP contribution in [-0.2, 0) is 12.8 Å². The number of rotatable bonds is 10. The van der Waals surface area contributed by atoms with Crippen LogP contribution < -0.4 is 10.5 Å². The Morgan fingerprint density at radius 1 is 0.857 bits per heavy atom. The van der Waals surface area contributed by atoms with E-state index in [1.54, 1.807) is 0 Å².